The molecule has 1 rings (SSSR count). The third kappa shape index (κ3) is 7.09. The molecule has 5 heteroatoms. The molecule has 0 aliphatic rings. The van der Waals surface area contributed by atoms with E-state index in [1.165, 1.54) is 11.8 Å². The Hall–Kier alpha value is -1.33. The van der Waals surface area contributed by atoms with Crippen LogP contribution in [0.5, 0.6) is 0 Å². The van der Waals surface area contributed by atoms with Crippen LogP contribution >= 0.6 is 11.8 Å². The largest absolute Gasteiger partial charge is 0.375 e. The fourth-order valence-corrected chi connectivity index (χ4v) is 1.86. The normalized spacial score (nSPS) is 10.1. The molecule has 1 aromatic rings. The summed E-state index contributed by atoms with van der Waals surface area (Å²) >= 11 is 1.49. The van der Waals surface area contributed by atoms with Crippen LogP contribution in [0.15, 0.2) is 41.6 Å². The van der Waals surface area contributed by atoms with E-state index < -0.39 is 0 Å². The minimum atomic E-state index is 0.00994. The molecular formula is C13H18N2O2S. The average Bonchev–Trinajstić information content (AvgIpc) is 2.37. The van der Waals surface area contributed by atoms with Crippen LogP contribution in [0.1, 0.15) is 6.92 Å². The molecule has 18 heavy (non-hydrogen) atoms. The van der Waals surface area contributed by atoms with E-state index in [0.717, 1.165) is 10.5 Å². The number of carbonyl (C=O) groups is 1. The van der Waals surface area contributed by atoms with Crippen molar-refractivity contribution in [3.63, 3.8) is 0 Å². The fraction of sp³-hybridized carbons (Fsp3) is 0.385. The van der Waals surface area contributed by atoms with Gasteiger partial charge in [0.05, 0.1) is 19.0 Å². The van der Waals surface area contributed by atoms with Crippen LogP contribution < -0.4 is 5.32 Å². The molecule has 1 heterocycles. The van der Waals surface area contributed by atoms with E-state index in [0.29, 0.717) is 25.5 Å². The number of hydrogen-bond donors (Lipinski definition) is 1. The number of aromatic nitrogens is 1. The molecule has 1 N–H and O–H groups in total. The summed E-state index contributed by atoms with van der Waals surface area (Å²) in [6.07, 6.45) is 3.43. The molecule has 0 aliphatic heterocycles. The maximum atomic E-state index is 11.5. The number of ether oxygens (including phenoxy) is 1. The van der Waals surface area contributed by atoms with Gasteiger partial charge in [-0.2, -0.15) is 0 Å². The number of pyridine rings is 1. The topological polar surface area (TPSA) is 51.2 Å². The molecule has 4 nitrogen and oxygen atoms in total. The van der Waals surface area contributed by atoms with Gasteiger partial charge in [-0.1, -0.05) is 12.2 Å². The van der Waals surface area contributed by atoms with Gasteiger partial charge in [0.1, 0.15) is 0 Å². The smallest absolute Gasteiger partial charge is 0.230 e. The van der Waals surface area contributed by atoms with Gasteiger partial charge in [-0.05, 0) is 19.1 Å². The van der Waals surface area contributed by atoms with Crippen molar-refractivity contribution < 1.29 is 9.53 Å². The van der Waals surface area contributed by atoms with Crippen LogP contribution in [0.25, 0.3) is 0 Å². The fourth-order valence-electron chi connectivity index (χ4n) is 1.14. The van der Waals surface area contributed by atoms with Crippen molar-refractivity contribution in [1.29, 1.82) is 0 Å². The van der Waals surface area contributed by atoms with E-state index in [1.807, 2.05) is 19.1 Å². The molecule has 0 bridgehead atoms. The van der Waals surface area contributed by atoms with Crippen molar-refractivity contribution in [2.45, 2.75) is 11.8 Å². The van der Waals surface area contributed by atoms with E-state index in [9.17, 15) is 4.79 Å². The monoisotopic (exact) mass is 266 g/mol. The Labute approximate surface area is 112 Å². The maximum Gasteiger partial charge on any atom is 0.230 e. The highest BCUT2D eigenvalue weighted by molar-refractivity contribution is 8.00. The molecule has 0 fully saturated rings. The van der Waals surface area contributed by atoms with Crippen molar-refractivity contribution in [2.24, 2.45) is 0 Å². The summed E-state index contributed by atoms with van der Waals surface area (Å²) in [5, 5.41) is 2.80. The second kappa shape index (κ2) is 8.72. The number of rotatable bonds is 8. The third-order valence-electron chi connectivity index (χ3n) is 1.94. The molecule has 0 spiro atoms. The van der Waals surface area contributed by atoms with Gasteiger partial charge in [0, 0.05) is 23.8 Å². The number of carbonyl (C=O) groups excluding carboxylic acids is 1. The van der Waals surface area contributed by atoms with E-state index in [2.05, 4.69) is 16.9 Å². The molecule has 0 aromatic carbocycles. The van der Waals surface area contributed by atoms with Gasteiger partial charge < -0.3 is 10.1 Å². The van der Waals surface area contributed by atoms with E-state index in [-0.39, 0.29) is 5.91 Å². The summed E-state index contributed by atoms with van der Waals surface area (Å²) < 4.78 is 5.28. The Morgan fingerprint density at radius 1 is 1.50 bits per heavy atom. The van der Waals surface area contributed by atoms with Crippen LogP contribution in [0.4, 0.5) is 0 Å². The lowest BCUT2D eigenvalue weighted by Crippen LogP contribution is -2.28. The zero-order valence-electron chi connectivity index (χ0n) is 10.5. The molecule has 0 saturated carbocycles. The van der Waals surface area contributed by atoms with Crippen molar-refractivity contribution in [3.8, 4) is 0 Å². The number of hydrogen-bond acceptors (Lipinski definition) is 4. The van der Waals surface area contributed by atoms with Gasteiger partial charge in [-0.3, -0.25) is 9.78 Å². The lowest BCUT2D eigenvalue weighted by Gasteiger charge is -2.06. The second-order valence-corrected chi connectivity index (χ2v) is 4.88. The first-order chi connectivity index (χ1) is 8.68. The summed E-state index contributed by atoms with van der Waals surface area (Å²) in [7, 11) is 0. The maximum absolute atomic E-state index is 11.5. The van der Waals surface area contributed by atoms with Crippen molar-refractivity contribution in [1.82, 2.24) is 10.3 Å². The predicted octanol–water partition coefficient (Wildman–Crippen LogP) is 1.88. The van der Waals surface area contributed by atoms with Gasteiger partial charge in [0.25, 0.3) is 0 Å². The Morgan fingerprint density at radius 3 is 2.89 bits per heavy atom. The quantitative estimate of drug-likeness (QED) is 0.443. The van der Waals surface area contributed by atoms with E-state index in [1.54, 1.807) is 12.4 Å². The standard InChI is InChI=1S/C13H18N2O2S/c1-11(2)9-17-8-7-15-13(16)10-18-12-3-5-14-6-4-12/h3-6H,1,7-10H2,2H3,(H,15,16). The zero-order valence-corrected chi connectivity index (χ0v) is 11.3. The molecular weight excluding hydrogens is 248 g/mol. The Morgan fingerprint density at radius 2 is 2.22 bits per heavy atom. The second-order valence-electron chi connectivity index (χ2n) is 3.83. The van der Waals surface area contributed by atoms with Crippen LogP contribution in [0, 0.1) is 0 Å². The molecule has 0 saturated heterocycles. The minimum absolute atomic E-state index is 0.00994. The first kappa shape index (κ1) is 14.7. The molecule has 0 aliphatic carbocycles. The van der Waals surface area contributed by atoms with Gasteiger partial charge in [0.2, 0.25) is 5.91 Å². The zero-order chi connectivity index (χ0) is 13.2. The van der Waals surface area contributed by atoms with Crippen LogP contribution in [-0.2, 0) is 9.53 Å². The summed E-state index contributed by atoms with van der Waals surface area (Å²) in [5.74, 6) is 0.417. The number of amides is 1. The van der Waals surface area contributed by atoms with Gasteiger partial charge in [0.15, 0.2) is 0 Å². The highest BCUT2D eigenvalue weighted by Gasteiger charge is 2.01. The van der Waals surface area contributed by atoms with Crippen molar-refractivity contribution in [2.75, 3.05) is 25.5 Å². The van der Waals surface area contributed by atoms with E-state index >= 15 is 0 Å². The van der Waals surface area contributed by atoms with Gasteiger partial charge in [-0.25, -0.2) is 0 Å². The first-order valence-electron chi connectivity index (χ1n) is 5.70. The summed E-state index contributed by atoms with van der Waals surface area (Å²) in [6, 6.07) is 3.77. The highest BCUT2D eigenvalue weighted by Crippen LogP contribution is 2.15. The molecule has 0 radical (unpaired) electrons. The Bertz CT molecular complexity index is 382. The van der Waals surface area contributed by atoms with E-state index in [4.69, 9.17) is 4.74 Å². The number of nitrogens with one attached hydrogen (secondary N) is 1. The summed E-state index contributed by atoms with van der Waals surface area (Å²) in [6.45, 7) is 7.22. The average molecular weight is 266 g/mol. The molecule has 0 atom stereocenters. The molecule has 0 unspecified atom stereocenters. The van der Waals surface area contributed by atoms with Gasteiger partial charge >= 0.3 is 0 Å². The highest BCUT2D eigenvalue weighted by atomic mass is 32.2. The van der Waals surface area contributed by atoms with Crippen molar-refractivity contribution >= 4 is 17.7 Å². The van der Waals surface area contributed by atoms with Crippen LogP contribution in [0.2, 0.25) is 0 Å². The Kier molecular flexibility index (Phi) is 7.13. The predicted molar refractivity (Wildman–Crippen MR) is 73.6 cm³/mol. The van der Waals surface area contributed by atoms with Gasteiger partial charge in [-0.15, -0.1) is 11.8 Å². The third-order valence-corrected chi connectivity index (χ3v) is 2.95. The first-order valence-corrected chi connectivity index (χ1v) is 6.68. The van der Waals surface area contributed by atoms with Crippen LogP contribution in [0.3, 0.4) is 0 Å². The molecule has 1 amide bonds. The number of thioether (sulfide) groups is 1. The number of nitrogens with zero attached hydrogens (tertiary/aromatic N) is 1. The minimum Gasteiger partial charge on any atom is -0.375 e. The lowest BCUT2D eigenvalue weighted by molar-refractivity contribution is -0.118. The molecule has 98 valence electrons. The SMILES string of the molecule is C=C(C)COCCNC(=O)CSc1ccncc1. The molecule has 1 aromatic heterocycles. The van der Waals surface area contributed by atoms with Crippen molar-refractivity contribution in [3.05, 3.63) is 36.7 Å². The Balaban J connectivity index is 2.06. The lowest BCUT2D eigenvalue weighted by atomic mass is 10.4. The van der Waals surface area contributed by atoms with Crippen LogP contribution in [-0.4, -0.2) is 36.4 Å². The summed E-state index contributed by atoms with van der Waals surface area (Å²) in [4.78, 5) is 16.5. The summed E-state index contributed by atoms with van der Waals surface area (Å²) in [5.41, 5.74) is 0.981.